The number of aliphatic hydroxyl groups is 2. The Kier molecular flexibility index (Phi) is 10.4. The number of rotatable bonds is 4. The van der Waals surface area contributed by atoms with Gasteiger partial charge < -0.3 is 20.4 Å². The molecule has 0 aliphatic rings. The van der Waals surface area contributed by atoms with E-state index in [1.807, 2.05) is 6.92 Å². The minimum atomic E-state index is -1.26. The number of aliphatic carboxylic acids is 2. The molecule has 6 nitrogen and oxygen atoms in total. The van der Waals surface area contributed by atoms with Gasteiger partial charge in [0.25, 0.3) is 0 Å². The van der Waals surface area contributed by atoms with Gasteiger partial charge in [0.05, 0.1) is 0 Å². The fraction of sp³-hybridized carbons (Fsp3) is 0.500. The molecule has 0 amide bonds. The second kappa shape index (κ2) is 9.69. The highest BCUT2D eigenvalue weighted by Crippen LogP contribution is 1.88. The molecule has 0 radical (unpaired) electrons. The van der Waals surface area contributed by atoms with Gasteiger partial charge in [-0.05, 0) is 6.42 Å². The standard InChI is InChI=1S/C4H4O4.C4H10O2/c5-3(6)1-2-4(7)8;1-2-3-4(5)6/h1-2H,(H,5,6)(H,7,8);4-6H,2-3H2,1H3/b2-1-;. The van der Waals surface area contributed by atoms with Crippen molar-refractivity contribution in [1.29, 1.82) is 0 Å². The Morgan fingerprint density at radius 3 is 1.57 bits per heavy atom. The Morgan fingerprint density at radius 2 is 1.50 bits per heavy atom. The fourth-order valence-electron chi connectivity index (χ4n) is 0.401. The molecule has 0 aliphatic carbocycles. The van der Waals surface area contributed by atoms with Gasteiger partial charge in [-0.15, -0.1) is 0 Å². The molecule has 0 spiro atoms. The molecule has 0 bridgehead atoms. The SMILES string of the molecule is CCCC(O)O.O=C(O)/C=C\C(=O)O. The minimum Gasteiger partial charge on any atom is -0.478 e. The Hall–Kier alpha value is -1.40. The van der Waals surface area contributed by atoms with E-state index < -0.39 is 18.2 Å². The number of hydrogen-bond donors (Lipinski definition) is 4. The molecule has 0 fully saturated rings. The van der Waals surface area contributed by atoms with Gasteiger partial charge in [0.2, 0.25) is 0 Å². The Morgan fingerprint density at radius 1 is 1.14 bits per heavy atom. The van der Waals surface area contributed by atoms with Crippen molar-refractivity contribution in [3.63, 3.8) is 0 Å². The van der Waals surface area contributed by atoms with Crippen molar-refractivity contribution in [2.45, 2.75) is 26.1 Å². The molecule has 6 heteroatoms. The third-order valence-electron chi connectivity index (χ3n) is 0.915. The zero-order valence-electron chi connectivity index (χ0n) is 7.75. The number of carboxylic acids is 2. The largest absolute Gasteiger partial charge is 0.478 e. The predicted molar refractivity (Wildman–Crippen MR) is 47.5 cm³/mol. The molecule has 14 heavy (non-hydrogen) atoms. The maximum Gasteiger partial charge on any atom is 0.328 e. The summed E-state index contributed by atoms with van der Waals surface area (Å²) in [6.07, 6.45) is 1.33. The summed E-state index contributed by atoms with van der Waals surface area (Å²) in [4.78, 5) is 19.1. The van der Waals surface area contributed by atoms with E-state index in [0.717, 1.165) is 6.42 Å². The van der Waals surface area contributed by atoms with Gasteiger partial charge in [-0.25, -0.2) is 9.59 Å². The number of carbonyl (C=O) groups is 2. The quantitative estimate of drug-likeness (QED) is 0.374. The molecule has 0 aromatic heterocycles. The first-order chi connectivity index (χ1) is 6.40. The van der Waals surface area contributed by atoms with E-state index in [4.69, 9.17) is 20.4 Å². The van der Waals surface area contributed by atoms with Gasteiger partial charge in [0.15, 0.2) is 6.29 Å². The summed E-state index contributed by atoms with van der Waals surface area (Å²) >= 11 is 0. The molecular weight excluding hydrogens is 192 g/mol. The molecule has 0 rings (SSSR count). The first-order valence-corrected chi connectivity index (χ1v) is 3.90. The van der Waals surface area contributed by atoms with E-state index in [2.05, 4.69) is 0 Å². The van der Waals surface area contributed by atoms with Crippen LogP contribution in [0.15, 0.2) is 12.2 Å². The zero-order chi connectivity index (χ0) is 11.6. The summed E-state index contributed by atoms with van der Waals surface area (Å²) in [6.45, 7) is 1.90. The van der Waals surface area contributed by atoms with Crippen LogP contribution >= 0.6 is 0 Å². The summed E-state index contributed by atoms with van der Waals surface area (Å²) in [7, 11) is 0. The molecule has 4 N–H and O–H groups in total. The Labute approximate surface area is 81.1 Å². The van der Waals surface area contributed by atoms with Crippen LogP contribution in [-0.4, -0.2) is 38.7 Å². The van der Waals surface area contributed by atoms with Crippen molar-refractivity contribution in [2.75, 3.05) is 0 Å². The van der Waals surface area contributed by atoms with Crippen LogP contribution in [0, 0.1) is 0 Å². The van der Waals surface area contributed by atoms with E-state index in [0.29, 0.717) is 18.6 Å². The lowest BCUT2D eigenvalue weighted by Gasteiger charge is -1.94. The van der Waals surface area contributed by atoms with Crippen molar-refractivity contribution in [3.05, 3.63) is 12.2 Å². The lowest BCUT2D eigenvalue weighted by Crippen LogP contribution is -2.01. The molecule has 0 aliphatic heterocycles. The topological polar surface area (TPSA) is 115 Å². The molecular formula is C8H14O6. The fourth-order valence-corrected chi connectivity index (χ4v) is 0.401. The zero-order valence-corrected chi connectivity index (χ0v) is 7.75. The molecule has 0 saturated carbocycles. The highest BCUT2D eigenvalue weighted by molar-refractivity contribution is 5.89. The van der Waals surface area contributed by atoms with Crippen molar-refractivity contribution >= 4 is 11.9 Å². The lowest BCUT2D eigenvalue weighted by molar-refractivity contribution is -0.134. The monoisotopic (exact) mass is 206 g/mol. The van der Waals surface area contributed by atoms with Gasteiger partial charge in [0.1, 0.15) is 0 Å². The van der Waals surface area contributed by atoms with E-state index in [1.54, 1.807) is 0 Å². The molecule has 0 heterocycles. The first kappa shape index (κ1) is 15.1. The second-order valence-electron chi connectivity index (χ2n) is 2.28. The van der Waals surface area contributed by atoms with Gasteiger partial charge in [-0.1, -0.05) is 13.3 Å². The van der Waals surface area contributed by atoms with Gasteiger partial charge in [-0.3, -0.25) is 0 Å². The smallest absolute Gasteiger partial charge is 0.328 e. The highest BCUT2D eigenvalue weighted by atomic mass is 16.5. The molecule has 82 valence electrons. The Balaban J connectivity index is 0. The number of hydrogen-bond acceptors (Lipinski definition) is 4. The van der Waals surface area contributed by atoms with Crippen LogP contribution in [0.1, 0.15) is 19.8 Å². The van der Waals surface area contributed by atoms with Crippen LogP contribution in [0.5, 0.6) is 0 Å². The molecule has 0 atom stereocenters. The summed E-state index contributed by atoms with van der Waals surface area (Å²) in [5, 5.41) is 31.8. The van der Waals surface area contributed by atoms with Crippen LogP contribution in [0.25, 0.3) is 0 Å². The van der Waals surface area contributed by atoms with Gasteiger partial charge in [0, 0.05) is 12.2 Å². The summed E-state index contributed by atoms with van der Waals surface area (Å²) in [6, 6.07) is 0. The summed E-state index contributed by atoms with van der Waals surface area (Å²) in [5.74, 6) is -2.51. The lowest BCUT2D eigenvalue weighted by atomic mass is 10.3. The average molecular weight is 206 g/mol. The van der Waals surface area contributed by atoms with Crippen LogP contribution in [0.2, 0.25) is 0 Å². The molecule has 0 saturated heterocycles. The molecule has 0 aromatic carbocycles. The van der Waals surface area contributed by atoms with Gasteiger partial charge in [-0.2, -0.15) is 0 Å². The van der Waals surface area contributed by atoms with E-state index in [9.17, 15) is 9.59 Å². The van der Waals surface area contributed by atoms with Crippen LogP contribution in [0.3, 0.4) is 0 Å². The average Bonchev–Trinajstić information content (AvgIpc) is 2.01. The van der Waals surface area contributed by atoms with Crippen LogP contribution in [0.4, 0.5) is 0 Å². The van der Waals surface area contributed by atoms with E-state index >= 15 is 0 Å². The predicted octanol–water partition coefficient (Wildman–Crippen LogP) is -0.191. The summed E-state index contributed by atoms with van der Waals surface area (Å²) < 4.78 is 0. The summed E-state index contributed by atoms with van der Waals surface area (Å²) in [5.41, 5.74) is 0. The van der Waals surface area contributed by atoms with E-state index in [-0.39, 0.29) is 0 Å². The van der Waals surface area contributed by atoms with Crippen LogP contribution in [-0.2, 0) is 9.59 Å². The van der Waals surface area contributed by atoms with Crippen molar-refractivity contribution in [1.82, 2.24) is 0 Å². The molecule has 0 aromatic rings. The Bertz CT molecular complexity index is 180. The second-order valence-corrected chi connectivity index (χ2v) is 2.28. The maximum atomic E-state index is 9.55. The van der Waals surface area contributed by atoms with Crippen molar-refractivity contribution in [2.24, 2.45) is 0 Å². The first-order valence-electron chi connectivity index (χ1n) is 3.90. The van der Waals surface area contributed by atoms with Crippen LogP contribution < -0.4 is 0 Å². The molecule has 0 unspecified atom stereocenters. The van der Waals surface area contributed by atoms with Crippen molar-refractivity contribution in [3.8, 4) is 0 Å². The maximum absolute atomic E-state index is 9.55. The highest BCUT2D eigenvalue weighted by Gasteiger charge is 1.89. The normalized spacial score (nSPS) is 9.71. The third-order valence-corrected chi connectivity index (χ3v) is 0.915. The number of aliphatic hydroxyl groups excluding tert-OH is 1. The number of carboxylic acid groups (broad SMARTS) is 2. The van der Waals surface area contributed by atoms with E-state index in [1.165, 1.54) is 0 Å². The van der Waals surface area contributed by atoms with Crippen molar-refractivity contribution < 1.29 is 30.0 Å². The minimum absolute atomic E-state index is 0.486. The third kappa shape index (κ3) is 22.4. The van der Waals surface area contributed by atoms with Gasteiger partial charge >= 0.3 is 11.9 Å².